The fourth-order valence-corrected chi connectivity index (χ4v) is 2.79. The molecule has 0 aromatic heterocycles. The van der Waals surface area contributed by atoms with E-state index in [-0.39, 0.29) is 12.1 Å². The van der Waals surface area contributed by atoms with Crippen LogP contribution in [0.4, 0.5) is 0 Å². The van der Waals surface area contributed by atoms with E-state index in [2.05, 4.69) is 6.92 Å². The number of carbonyl (C=O) groups is 1. The average molecular weight is 225 g/mol. The van der Waals surface area contributed by atoms with Crippen molar-refractivity contribution in [2.75, 3.05) is 13.2 Å². The van der Waals surface area contributed by atoms with Crippen LogP contribution >= 0.6 is 0 Å². The Balaban J connectivity index is 1.96. The van der Waals surface area contributed by atoms with Gasteiger partial charge in [-0.15, -0.1) is 0 Å². The topological polar surface area (TPSA) is 29.5 Å². The smallest absolute Gasteiger partial charge is 0.226 e. The number of ether oxygens (including phenoxy) is 1. The highest BCUT2D eigenvalue weighted by Crippen LogP contribution is 2.27. The van der Waals surface area contributed by atoms with Crippen molar-refractivity contribution in [1.29, 1.82) is 0 Å². The molecule has 0 bridgehead atoms. The Hall–Kier alpha value is -0.570. The summed E-state index contributed by atoms with van der Waals surface area (Å²) in [6.07, 6.45) is 6.15. The van der Waals surface area contributed by atoms with Gasteiger partial charge in [-0.1, -0.05) is 19.3 Å². The molecule has 0 spiro atoms. The summed E-state index contributed by atoms with van der Waals surface area (Å²) in [5.41, 5.74) is 0. The minimum absolute atomic E-state index is 0.198. The van der Waals surface area contributed by atoms with Gasteiger partial charge in [-0.3, -0.25) is 4.79 Å². The molecule has 1 amide bonds. The molecule has 1 saturated carbocycles. The first-order valence-electron chi connectivity index (χ1n) is 6.60. The molecule has 92 valence electrons. The molecule has 16 heavy (non-hydrogen) atoms. The highest BCUT2D eigenvalue weighted by Gasteiger charge is 2.32. The molecule has 3 nitrogen and oxygen atoms in total. The summed E-state index contributed by atoms with van der Waals surface area (Å²) in [4.78, 5) is 14.4. The van der Waals surface area contributed by atoms with Crippen LogP contribution in [0.1, 0.15) is 46.0 Å². The Morgan fingerprint density at radius 2 is 1.88 bits per heavy atom. The van der Waals surface area contributed by atoms with Gasteiger partial charge in [0.2, 0.25) is 5.91 Å². The first-order chi connectivity index (χ1) is 7.68. The fraction of sp³-hybridized carbons (Fsp3) is 0.923. The fourth-order valence-electron chi connectivity index (χ4n) is 2.79. The molecule has 0 aromatic rings. The van der Waals surface area contributed by atoms with Crippen LogP contribution < -0.4 is 0 Å². The van der Waals surface area contributed by atoms with Crippen molar-refractivity contribution in [3.63, 3.8) is 0 Å². The molecule has 2 atom stereocenters. The number of nitrogens with zero attached hydrogens (tertiary/aromatic N) is 1. The summed E-state index contributed by atoms with van der Waals surface area (Å²) in [5, 5.41) is 0. The zero-order chi connectivity index (χ0) is 11.5. The van der Waals surface area contributed by atoms with Gasteiger partial charge >= 0.3 is 0 Å². The van der Waals surface area contributed by atoms with E-state index in [0.29, 0.717) is 18.4 Å². The van der Waals surface area contributed by atoms with E-state index >= 15 is 0 Å². The van der Waals surface area contributed by atoms with Gasteiger partial charge in [-0.2, -0.15) is 0 Å². The maximum absolute atomic E-state index is 12.4. The van der Waals surface area contributed by atoms with Crippen LogP contribution in [0.3, 0.4) is 0 Å². The zero-order valence-electron chi connectivity index (χ0n) is 10.4. The second-order valence-corrected chi connectivity index (χ2v) is 5.32. The Morgan fingerprint density at radius 1 is 1.19 bits per heavy atom. The molecule has 2 unspecified atom stereocenters. The normalized spacial score (nSPS) is 32.8. The molecule has 1 aliphatic heterocycles. The van der Waals surface area contributed by atoms with Crippen molar-refractivity contribution in [3.05, 3.63) is 0 Å². The number of rotatable bonds is 1. The summed E-state index contributed by atoms with van der Waals surface area (Å²) < 4.78 is 5.56. The predicted octanol–water partition coefficient (Wildman–Crippen LogP) is 2.20. The van der Waals surface area contributed by atoms with E-state index in [0.717, 1.165) is 19.4 Å². The van der Waals surface area contributed by atoms with Crippen molar-refractivity contribution in [2.24, 2.45) is 5.92 Å². The van der Waals surface area contributed by atoms with Gasteiger partial charge in [0.15, 0.2) is 0 Å². The summed E-state index contributed by atoms with van der Waals surface area (Å²) >= 11 is 0. The number of morpholine rings is 1. The first-order valence-corrected chi connectivity index (χ1v) is 6.60. The molecule has 1 saturated heterocycles. The average Bonchev–Trinajstić information content (AvgIpc) is 2.32. The molecule has 2 rings (SSSR count). The molecule has 1 aliphatic carbocycles. The lowest BCUT2D eigenvalue weighted by molar-refractivity contribution is -0.148. The molecule has 0 aromatic carbocycles. The first kappa shape index (κ1) is 11.9. The van der Waals surface area contributed by atoms with Crippen molar-refractivity contribution in [3.8, 4) is 0 Å². The maximum Gasteiger partial charge on any atom is 0.226 e. The van der Waals surface area contributed by atoms with Crippen LogP contribution in [0, 0.1) is 5.92 Å². The molecule has 2 aliphatic rings. The van der Waals surface area contributed by atoms with Gasteiger partial charge in [0.05, 0.1) is 18.8 Å². The van der Waals surface area contributed by atoms with E-state index < -0.39 is 0 Å². The van der Waals surface area contributed by atoms with Crippen LogP contribution in [0.25, 0.3) is 0 Å². The molecular formula is C13H23NO2. The van der Waals surface area contributed by atoms with Crippen LogP contribution in [-0.2, 0) is 9.53 Å². The predicted molar refractivity (Wildman–Crippen MR) is 63.2 cm³/mol. The summed E-state index contributed by atoms with van der Waals surface area (Å²) in [5.74, 6) is 0.670. The lowest BCUT2D eigenvalue weighted by Gasteiger charge is -2.39. The highest BCUT2D eigenvalue weighted by atomic mass is 16.5. The standard InChI is InChI=1S/C13H23NO2/c1-10-9-16-11(2)8-14(10)13(15)12-6-4-3-5-7-12/h10-12H,3-9H2,1-2H3. The Labute approximate surface area is 98.1 Å². The van der Waals surface area contributed by atoms with Gasteiger partial charge < -0.3 is 9.64 Å². The minimum atomic E-state index is 0.198. The van der Waals surface area contributed by atoms with Gasteiger partial charge in [0, 0.05) is 12.5 Å². The largest absolute Gasteiger partial charge is 0.375 e. The van der Waals surface area contributed by atoms with Crippen molar-refractivity contribution in [2.45, 2.75) is 58.1 Å². The van der Waals surface area contributed by atoms with Crippen LogP contribution in [0.15, 0.2) is 0 Å². The molecular weight excluding hydrogens is 202 g/mol. The second-order valence-electron chi connectivity index (χ2n) is 5.32. The molecule has 2 fully saturated rings. The van der Waals surface area contributed by atoms with Gasteiger partial charge in [0.1, 0.15) is 0 Å². The van der Waals surface area contributed by atoms with Crippen molar-refractivity contribution < 1.29 is 9.53 Å². The van der Waals surface area contributed by atoms with E-state index in [4.69, 9.17) is 4.74 Å². The highest BCUT2D eigenvalue weighted by molar-refractivity contribution is 5.79. The molecule has 0 radical (unpaired) electrons. The molecule has 0 N–H and O–H groups in total. The summed E-state index contributed by atoms with van der Waals surface area (Å²) in [7, 11) is 0. The zero-order valence-corrected chi connectivity index (χ0v) is 10.4. The van der Waals surface area contributed by atoms with E-state index in [9.17, 15) is 4.79 Å². The Bertz CT molecular complexity index is 248. The lowest BCUT2D eigenvalue weighted by atomic mass is 9.88. The van der Waals surface area contributed by atoms with E-state index in [1.54, 1.807) is 0 Å². The van der Waals surface area contributed by atoms with Gasteiger partial charge in [-0.05, 0) is 26.7 Å². The Morgan fingerprint density at radius 3 is 2.56 bits per heavy atom. The minimum Gasteiger partial charge on any atom is -0.375 e. The number of hydrogen-bond donors (Lipinski definition) is 0. The van der Waals surface area contributed by atoms with Crippen LogP contribution in [-0.4, -0.2) is 36.1 Å². The lowest BCUT2D eigenvalue weighted by Crippen LogP contribution is -2.52. The number of amides is 1. The van der Waals surface area contributed by atoms with E-state index in [1.807, 2.05) is 11.8 Å². The second kappa shape index (κ2) is 5.17. The monoisotopic (exact) mass is 225 g/mol. The van der Waals surface area contributed by atoms with Crippen LogP contribution in [0.5, 0.6) is 0 Å². The van der Waals surface area contributed by atoms with E-state index in [1.165, 1.54) is 19.3 Å². The maximum atomic E-state index is 12.4. The van der Waals surface area contributed by atoms with Crippen LogP contribution in [0.2, 0.25) is 0 Å². The Kier molecular flexibility index (Phi) is 3.85. The SMILES string of the molecule is CC1CN(C(=O)C2CCCCC2)C(C)CO1. The number of carbonyl (C=O) groups excluding carboxylic acids is 1. The quantitative estimate of drug-likeness (QED) is 0.684. The van der Waals surface area contributed by atoms with Gasteiger partial charge in [0.25, 0.3) is 0 Å². The summed E-state index contributed by atoms with van der Waals surface area (Å²) in [6, 6.07) is 0.255. The summed E-state index contributed by atoms with van der Waals surface area (Å²) in [6.45, 7) is 5.61. The number of hydrogen-bond acceptors (Lipinski definition) is 2. The molecule has 3 heteroatoms. The van der Waals surface area contributed by atoms with Gasteiger partial charge in [-0.25, -0.2) is 0 Å². The van der Waals surface area contributed by atoms with Crippen molar-refractivity contribution >= 4 is 5.91 Å². The molecule has 1 heterocycles. The third kappa shape index (κ3) is 2.57. The third-order valence-corrected chi connectivity index (χ3v) is 3.85. The third-order valence-electron chi connectivity index (χ3n) is 3.85. The van der Waals surface area contributed by atoms with Crippen molar-refractivity contribution in [1.82, 2.24) is 4.90 Å².